The van der Waals surface area contributed by atoms with Crippen LogP contribution in [0.4, 0.5) is 0 Å². The minimum Gasteiger partial charge on any atom is -0.319 e. The molecular formula is C14H23NS. The molecular weight excluding hydrogens is 214 g/mol. The summed E-state index contributed by atoms with van der Waals surface area (Å²) >= 11 is 1.97. The fourth-order valence-electron chi connectivity index (χ4n) is 1.91. The van der Waals surface area contributed by atoms with Crippen LogP contribution in [-0.2, 0) is 0 Å². The van der Waals surface area contributed by atoms with E-state index in [2.05, 4.69) is 42.6 Å². The number of rotatable bonds is 8. The Hall–Kier alpha value is -0.470. The summed E-state index contributed by atoms with van der Waals surface area (Å²) in [7, 11) is 2.05. The van der Waals surface area contributed by atoms with Gasteiger partial charge in [0.2, 0.25) is 0 Å². The van der Waals surface area contributed by atoms with Crippen molar-refractivity contribution in [1.29, 1.82) is 0 Å². The molecule has 90 valence electrons. The first-order valence-electron chi connectivity index (χ1n) is 6.19. The predicted octanol–water partition coefficient (Wildman–Crippen LogP) is 3.80. The van der Waals surface area contributed by atoms with Crippen LogP contribution in [0, 0.1) is 5.92 Å². The average molecular weight is 237 g/mol. The van der Waals surface area contributed by atoms with E-state index in [1.807, 2.05) is 18.8 Å². The second kappa shape index (κ2) is 8.66. The molecule has 0 spiro atoms. The Kier molecular flexibility index (Phi) is 7.35. The lowest BCUT2D eigenvalue weighted by atomic mass is 10.0. The van der Waals surface area contributed by atoms with E-state index in [1.54, 1.807) is 0 Å². The molecule has 0 saturated heterocycles. The molecule has 1 nitrogen and oxygen atoms in total. The Labute approximate surface area is 104 Å². The molecule has 0 radical (unpaired) electrons. The fourth-order valence-corrected chi connectivity index (χ4v) is 2.94. The second-order valence-corrected chi connectivity index (χ2v) is 5.33. The Morgan fingerprint density at radius 2 is 1.94 bits per heavy atom. The summed E-state index contributed by atoms with van der Waals surface area (Å²) in [4.78, 5) is 1.39. The molecule has 0 aliphatic heterocycles. The zero-order valence-corrected chi connectivity index (χ0v) is 11.2. The molecule has 1 unspecified atom stereocenters. The molecule has 0 aliphatic rings. The summed E-state index contributed by atoms with van der Waals surface area (Å²) in [6, 6.07) is 10.7. The van der Waals surface area contributed by atoms with Crippen molar-refractivity contribution >= 4 is 11.8 Å². The van der Waals surface area contributed by atoms with Crippen LogP contribution >= 0.6 is 11.8 Å². The number of benzene rings is 1. The summed E-state index contributed by atoms with van der Waals surface area (Å²) < 4.78 is 0. The van der Waals surface area contributed by atoms with Gasteiger partial charge in [0.1, 0.15) is 0 Å². The van der Waals surface area contributed by atoms with Gasteiger partial charge in [-0.25, -0.2) is 0 Å². The minimum absolute atomic E-state index is 0.839. The highest BCUT2D eigenvalue weighted by Crippen LogP contribution is 2.21. The summed E-state index contributed by atoms with van der Waals surface area (Å²) in [5.74, 6) is 2.07. The first kappa shape index (κ1) is 13.6. The van der Waals surface area contributed by atoms with Crippen LogP contribution < -0.4 is 5.32 Å². The van der Waals surface area contributed by atoms with E-state index in [-0.39, 0.29) is 0 Å². The van der Waals surface area contributed by atoms with Crippen molar-refractivity contribution in [2.24, 2.45) is 5.92 Å². The Balaban J connectivity index is 2.22. The van der Waals surface area contributed by atoms with E-state index in [1.165, 1.54) is 29.9 Å². The topological polar surface area (TPSA) is 12.0 Å². The van der Waals surface area contributed by atoms with Crippen LogP contribution in [-0.4, -0.2) is 19.3 Å². The van der Waals surface area contributed by atoms with Gasteiger partial charge in [-0.3, -0.25) is 0 Å². The third kappa shape index (κ3) is 5.57. The summed E-state index contributed by atoms with van der Waals surface area (Å²) in [5.41, 5.74) is 0. The van der Waals surface area contributed by atoms with Gasteiger partial charge in [0, 0.05) is 4.90 Å². The molecule has 16 heavy (non-hydrogen) atoms. The molecule has 0 heterocycles. The number of hydrogen-bond donors (Lipinski definition) is 1. The van der Waals surface area contributed by atoms with E-state index in [0.29, 0.717) is 0 Å². The highest BCUT2D eigenvalue weighted by atomic mass is 32.2. The van der Waals surface area contributed by atoms with Gasteiger partial charge in [0.05, 0.1) is 0 Å². The second-order valence-electron chi connectivity index (χ2n) is 4.16. The molecule has 1 atom stereocenters. The van der Waals surface area contributed by atoms with Gasteiger partial charge in [0.15, 0.2) is 0 Å². The van der Waals surface area contributed by atoms with Gasteiger partial charge in [-0.1, -0.05) is 31.5 Å². The molecule has 2 heteroatoms. The third-order valence-corrected chi connectivity index (χ3v) is 3.77. The number of thioether (sulfide) groups is 1. The van der Waals surface area contributed by atoms with E-state index in [4.69, 9.17) is 0 Å². The SMILES string of the molecule is CCCC(CCSc1ccccc1)CNC. The normalized spacial score (nSPS) is 12.6. The zero-order chi connectivity index (χ0) is 11.6. The number of hydrogen-bond acceptors (Lipinski definition) is 2. The van der Waals surface area contributed by atoms with Crippen molar-refractivity contribution in [3.8, 4) is 0 Å². The van der Waals surface area contributed by atoms with Crippen molar-refractivity contribution in [2.75, 3.05) is 19.3 Å². The Bertz CT molecular complexity index is 255. The maximum atomic E-state index is 3.29. The van der Waals surface area contributed by atoms with Crippen molar-refractivity contribution in [3.63, 3.8) is 0 Å². The molecule has 0 aromatic heterocycles. The van der Waals surface area contributed by atoms with E-state index < -0.39 is 0 Å². The molecule has 0 aliphatic carbocycles. The van der Waals surface area contributed by atoms with Gasteiger partial charge in [-0.05, 0) is 50.2 Å². The number of nitrogens with one attached hydrogen (secondary N) is 1. The van der Waals surface area contributed by atoms with E-state index in [9.17, 15) is 0 Å². The Morgan fingerprint density at radius 3 is 2.56 bits per heavy atom. The van der Waals surface area contributed by atoms with Crippen LogP contribution in [0.15, 0.2) is 35.2 Å². The maximum Gasteiger partial charge on any atom is 0.00719 e. The van der Waals surface area contributed by atoms with E-state index >= 15 is 0 Å². The third-order valence-electron chi connectivity index (χ3n) is 2.73. The highest BCUT2D eigenvalue weighted by Gasteiger charge is 2.06. The van der Waals surface area contributed by atoms with Crippen molar-refractivity contribution in [3.05, 3.63) is 30.3 Å². The summed E-state index contributed by atoms with van der Waals surface area (Å²) in [6.45, 7) is 3.43. The first-order valence-corrected chi connectivity index (χ1v) is 7.17. The van der Waals surface area contributed by atoms with Crippen LogP contribution in [0.5, 0.6) is 0 Å². The largest absolute Gasteiger partial charge is 0.319 e. The van der Waals surface area contributed by atoms with Crippen LogP contribution in [0.25, 0.3) is 0 Å². The van der Waals surface area contributed by atoms with E-state index in [0.717, 1.165) is 12.5 Å². The minimum atomic E-state index is 0.839. The standard InChI is InChI=1S/C14H23NS/c1-3-7-13(12-15-2)10-11-16-14-8-5-4-6-9-14/h4-6,8-9,13,15H,3,7,10-12H2,1-2H3. The van der Waals surface area contributed by atoms with Crippen LogP contribution in [0.1, 0.15) is 26.2 Å². The lowest BCUT2D eigenvalue weighted by Crippen LogP contribution is -2.19. The quantitative estimate of drug-likeness (QED) is 0.690. The van der Waals surface area contributed by atoms with Crippen LogP contribution in [0.2, 0.25) is 0 Å². The van der Waals surface area contributed by atoms with Gasteiger partial charge in [-0.2, -0.15) is 0 Å². The smallest absolute Gasteiger partial charge is 0.00719 e. The molecule has 1 aromatic rings. The zero-order valence-electron chi connectivity index (χ0n) is 10.4. The highest BCUT2D eigenvalue weighted by molar-refractivity contribution is 7.99. The lowest BCUT2D eigenvalue weighted by molar-refractivity contribution is 0.448. The molecule has 1 rings (SSSR count). The average Bonchev–Trinajstić information content (AvgIpc) is 2.31. The van der Waals surface area contributed by atoms with Gasteiger partial charge in [0.25, 0.3) is 0 Å². The molecule has 0 fully saturated rings. The summed E-state index contributed by atoms with van der Waals surface area (Å²) in [6.07, 6.45) is 3.95. The van der Waals surface area contributed by atoms with Crippen molar-refractivity contribution in [1.82, 2.24) is 5.32 Å². The van der Waals surface area contributed by atoms with Gasteiger partial charge < -0.3 is 5.32 Å². The molecule has 1 N–H and O–H groups in total. The fraction of sp³-hybridized carbons (Fsp3) is 0.571. The molecule has 1 aromatic carbocycles. The Morgan fingerprint density at radius 1 is 1.19 bits per heavy atom. The molecule has 0 amide bonds. The lowest BCUT2D eigenvalue weighted by Gasteiger charge is -2.15. The van der Waals surface area contributed by atoms with Crippen molar-refractivity contribution < 1.29 is 0 Å². The van der Waals surface area contributed by atoms with Gasteiger partial charge >= 0.3 is 0 Å². The first-order chi connectivity index (χ1) is 7.86. The summed E-state index contributed by atoms with van der Waals surface area (Å²) in [5, 5.41) is 3.29. The predicted molar refractivity (Wildman–Crippen MR) is 74.1 cm³/mol. The van der Waals surface area contributed by atoms with Gasteiger partial charge in [-0.15, -0.1) is 11.8 Å². The van der Waals surface area contributed by atoms with Crippen molar-refractivity contribution in [2.45, 2.75) is 31.1 Å². The molecule has 0 saturated carbocycles. The van der Waals surface area contributed by atoms with Crippen LogP contribution in [0.3, 0.4) is 0 Å². The molecule has 0 bridgehead atoms. The monoisotopic (exact) mass is 237 g/mol. The maximum absolute atomic E-state index is 3.29.